The van der Waals surface area contributed by atoms with Crippen molar-refractivity contribution in [3.05, 3.63) is 100 Å². The van der Waals surface area contributed by atoms with Crippen LogP contribution in [0.25, 0.3) is 0 Å². The SMILES string of the molecule is O=C(c1cc[nH]c(=O)c1)N(Cc1ccccc1)c1ccccc1. The number of para-hydroxylation sites is 1. The third kappa shape index (κ3) is 3.55. The zero-order valence-corrected chi connectivity index (χ0v) is 12.5. The Labute approximate surface area is 134 Å². The fourth-order valence-corrected chi connectivity index (χ4v) is 2.39. The molecule has 0 aliphatic carbocycles. The van der Waals surface area contributed by atoms with Crippen molar-refractivity contribution in [3.8, 4) is 0 Å². The summed E-state index contributed by atoms with van der Waals surface area (Å²) in [7, 11) is 0. The van der Waals surface area contributed by atoms with Gasteiger partial charge in [-0.15, -0.1) is 0 Å². The van der Waals surface area contributed by atoms with Crippen LogP contribution in [-0.2, 0) is 6.54 Å². The molecular weight excluding hydrogens is 288 g/mol. The molecular formula is C19H16N2O2. The van der Waals surface area contributed by atoms with E-state index in [1.165, 1.54) is 12.3 Å². The number of nitrogens with one attached hydrogen (secondary N) is 1. The van der Waals surface area contributed by atoms with Crippen LogP contribution in [0.5, 0.6) is 0 Å². The minimum atomic E-state index is -0.288. The molecule has 1 heterocycles. The van der Waals surface area contributed by atoms with Crippen molar-refractivity contribution in [2.24, 2.45) is 0 Å². The molecule has 114 valence electrons. The number of hydrogen-bond acceptors (Lipinski definition) is 2. The summed E-state index contributed by atoms with van der Waals surface area (Å²) in [5.74, 6) is -0.203. The van der Waals surface area contributed by atoms with Gasteiger partial charge >= 0.3 is 0 Å². The van der Waals surface area contributed by atoms with Gasteiger partial charge in [0.25, 0.3) is 5.91 Å². The number of pyridine rings is 1. The maximum Gasteiger partial charge on any atom is 0.258 e. The zero-order valence-electron chi connectivity index (χ0n) is 12.5. The number of H-pyrrole nitrogens is 1. The highest BCUT2D eigenvalue weighted by Gasteiger charge is 2.18. The maximum absolute atomic E-state index is 12.9. The molecule has 0 fully saturated rings. The number of amides is 1. The summed E-state index contributed by atoms with van der Waals surface area (Å²) in [6.07, 6.45) is 1.49. The van der Waals surface area contributed by atoms with Crippen molar-refractivity contribution in [2.45, 2.75) is 6.54 Å². The molecule has 0 saturated carbocycles. The number of nitrogens with zero attached hydrogens (tertiary/aromatic N) is 1. The van der Waals surface area contributed by atoms with Gasteiger partial charge in [-0.05, 0) is 23.8 Å². The Kier molecular flexibility index (Phi) is 4.34. The van der Waals surface area contributed by atoms with Gasteiger partial charge in [-0.2, -0.15) is 0 Å². The lowest BCUT2D eigenvalue weighted by atomic mass is 10.1. The fraction of sp³-hybridized carbons (Fsp3) is 0.0526. The van der Waals surface area contributed by atoms with E-state index in [9.17, 15) is 9.59 Å². The summed E-state index contributed by atoms with van der Waals surface area (Å²) < 4.78 is 0. The van der Waals surface area contributed by atoms with Crippen molar-refractivity contribution in [1.29, 1.82) is 0 Å². The van der Waals surface area contributed by atoms with Crippen molar-refractivity contribution < 1.29 is 4.79 Å². The molecule has 1 N–H and O–H groups in total. The molecule has 4 heteroatoms. The Morgan fingerprint density at radius 2 is 1.57 bits per heavy atom. The largest absolute Gasteiger partial charge is 0.329 e. The van der Waals surface area contributed by atoms with Gasteiger partial charge in [-0.1, -0.05) is 48.5 Å². The number of aromatic nitrogens is 1. The lowest BCUT2D eigenvalue weighted by molar-refractivity contribution is 0.0985. The molecule has 0 bridgehead atoms. The first kappa shape index (κ1) is 14.8. The lowest BCUT2D eigenvalue weighted by Crippen LogP contribution is -2.31. The zero-order chi connectivity index (χ0) is 16.1. The molecule has 0 spiro atoms. The normalized spacial score (nSPS) is 10.3. The summed E-state index contributed by atoms with van der Waals surface area (Å²) in [6.45, 7) is 0.441. The quantitative estimate of drug-likeness (QED) is 0.804. The van der Waals surface area contributed by atoms with Gasteiger partial charge in [0.15, 0.2) is 0 Å². The number of carbonyl (C=O) groups excluding carboxylic acids is 1. The van der Waals surface area contributed by atoms with Crippen LogP contribution in [0.4, 0.5) is 5.69 Å². The molecule has 0 aliphatic rings. The van der Waals surface area contributed by atoms with Crippen LogP contribution < -0.4 is 10.5 Å². The summed E-state index contributed by atoms with van der Waals surface area (Å²) in [5, 5.41) is 0. The monoisotopic (exact) mass is 304 g/mol. The van der Waals surface area contributed by atoms with Gasteiger partial charge in [-0.25, -0.2) is 0 Å². The topological polar surface area (TPSA) is 53.2 Å². The van der Waals surface area contributed by atoms with E-state index < -0.39 is 0 Å². The molecule has 23 heavy (non-hydrogen) atoms. The van der Waals surface area contributed by atoms with Crippen molar-refractivity contribution >= 4 is 11.6 Å². The predicted molar refractivity (Wildman–Crippen MR) is 90.5 cm³/mol. The minimum absolute atomic E-state index is 0.203. The Bertz CT molecular complexity index is 842. The Hall–Kier alpha value is -3.14. The molecule has 0 unspecified atom stereocenters. The van der Waals surface area contributed by atoms with E-state index in [2.05, 4.69) is 4.98 Å². The summed E-state index contributed by atoms with van der Waals surface area (Å²) in [4.78, 5) is 28.6. The molecule has 0 saturated heterocycles. The van der Waals surface area contributed by atoms with Gasteiger partial charge in [0, 0.05) is 23.5 Å². The van der Waals surface area contributed by atoms with Gasteiger partial charge in [0.1, 0.15) is 0 Å². The highest BCUT2D eigenvalue weighted by Crippen LogP contribution is 2.19. The number of rotatable bonds is 4. The van der Waals surface area contributed by atoms with E-state index in [1.807, 2.05) is 60.7 Å². The van der Waals surface area contributed by atoms with Crippen LogP contribution in [0.15, 0.2) is 83.8 Å². The molecule has 0 atom stereocenters. The molecule has 1 amide bonds. The van der Waals surface area contributed by atoms with E-state index in [0.29, 0.717) is 12.1 Å². The summed E-state index contributed by atoms with van der Waals surface area (Å²) in [6, 6.07) is 22.2. The number of carbonyl (C=O) groups is 1. The Morgan fingerprint density at radius 3 is 2.22 bits per heavy atom. The van der Waals surface area contributed by atoms with E-state index in [4.69, 9.17) is 0 Å². The molecule has 1 aromatic heterocycles. The van der Waals surface area contributed by atoms with Gasteiger partial charge < -0.3 is 9.88 Å². The van der Waals surface area contributed by atoms with Gasteiger partial charge in [0.2, 0.25) is 5.56 Å². The van der Waals surface area contributed by atoms with Gasteiger partial charge in [-0.3, -0.25) is 9.59 Å². The van der Waals surface area contributed by atoms with Crippen LogP contribution in [0.3, 0.4) is 0 Å². The third-order valence-corrected chi connectivity index (χ3v) is 3.52. The van der Waals surface area contributed by atoms with Crippen LogP contribution in [0.1, 0.15) is 15.9 Å². The first-order chi connectivity index (χ1) is 11.2. The second-order valence-corrected chi connectivity index (χ2v) is 5.15. The number of benzene rings is 2. The van der Waals surface area contributed by atoms with Crippen LogP contribution in [-0.4, -0.2) is 10.9 Å². The summed E-state index contributed by atoms with van der Waals surface area (Å²) in [5.41, 5.74) is 1.90. The predicted octanol–water partition coefficient (Wildman–Crippen LogP) is 3.22. The first-order valence-electron chi connectivity index (χ1n) is 7.33. The van der Waals surface area contributed by atoms with E-state index in [0.717, 1.165) is 11.3 Å². The first-order valence-corrected chi connectivity index (χ1v) is 7.33. The van der Waals surface area contributed by atoms with Crippen LogP contribution in [0.2, 0.25) is 0 Å². The van der Waals surface area contributed by atoms with Crippen molar-refractivity contribution in [1.82, 2.24) is 4.98 Å². The Morgan fingerprint density at radius 1 is 0.913 bits per heavy atom. The number of aromatic amines is 1. The van der Waals surface area contributed by atoms with Crippen LogP contribution in [0, 0.1) is 0 Å². The van der Waals surface area contributed by atoms with E-state index >= 15 is 0 Å². The fourth-order valence-electron chi connectivity index (χ4n) is 2.39. The highest BCUT2D eigenvalue weighted by atomic mass is 16.2. The molecule has 4 nitrogen and oxygen atoms in total. The average molecular weight is 304 g/mol. The molecule has 0 aliphatic heterocycles. The summed E-state index contributed by atoms with van der Waals surface area (Å²) >= 11 is 0. The van der Waals surface area contributed by atoms with E-state index in [1.54, 1.807) is 11.0 Å². The third-order valence-electron chi connectivity index (χ3n) is 3.52. The highest BCUT2D eigenvalue weighted by molar-refractivity contribution is 6.05. The second kappa shape index (κ2) is 6.75. The molecule has 3 aromatic rings. The average Bonchev–Trinajstić information content (AvgIpc) is 2.61. The minimum Gasteiger partial charge on any atom is -0.329 e. The smallest absolute Gasteiger partial charge is 0.258 e. The maximum atomic E-state index is 12.9. The molecule has 0 radical (unpaired) electrons. The Balaban J connectivity index is 1.98. The molecule has 2 aromatic carbocycles. The number of anilines is 1. The van der Waals surface area contributed by atoms with Gasteiger partial charge in [0.05, 0.1) is 6.54 Å². The second-order valence-electron chi connectivity index (χ2n) is 5.15. The van der Waals surface area contributed by atoms with E-state index in [-0.39, 0.29) is 11.5 Å². The van der Waals surface area contributed by atoms with Crippen molar-refractivity contribution in [3.63, 3.8) is 0 Å². The number of hydrogen-bond donors (Lipinski definition) is 1. The van der Waals surface area contributed by atoms with Crippen LogP contribution >= 0.6 is 0 Å². The lowest BCUT2D eigenvalue weighted by Gasteiger charge is -2.23. The standard InChI is InChI=1S/C19H16N2O2/c22-18-13-16(11-12-20-18)19(23)21(17-9-5-2-6-10-17)14-15-7-3-1-4-8-15/h1-13H,14H2,(H,20,22). The van der Waals surface area contributed by atoms with Crippen molar-refractivity contribution in [2.75, 3.05) is 4.90 Å². The molecule has 3 rings (SSSR count).